The van der Waals surface area contributed by atoms with Gasteiger partial charge in [-0.15, -0.1) is 0 Å². The maximum Gasteiger partial charge on any atom is 0.179 e. The molecule has 1 aromatic rings. The van der Waals surface area contributed by atoms with E-state index in [0.29, 0.717) is 42.8 Å². The quantitative estimate of drug-likeness (QED) is 0.543. The molecule has 126 valence electrons. The van der Waals surface area contributed by atoms with Gasteiger partial charge in [0.25, 0.3) is 0 Å². The van der Waals surface area contributed by atoms with Gasteiger partial charge < -0.3 is 25.2 Å². The van der Waals surface area contributed by atoms with Crippen LogP contribution in [0.25, 0.3) is 0 Å². The fourth-order valence-electron chi connectivity index (χ4n) is 1.99. The van der Waals surface area contributed by atoms with Crippen molar-refractivity contribution in [3.05, 3.63) is 22.7 Å². The Labute approximate surface area is 138 Å². The summed E-state index contributed by atoms with van der Waals surface area (Å²) >= 11 is 6.27. The van der Waals surface area contributed by atoms with Crippen LogP contribution in [0, 0.1) is 0 Å². The second-order valence-corrected chi connectivity index (χ2v) is 5.41. The first-order valence-electron chi connectivity index (χ1n) is 7.76. The van der Waals surface area contributed by atoms with E-state index in [2.05, 4.69) is 10.6 Å². The lowest BCUT2D eigenvalue weighted by Crippen LogP contribution is -2.31. The Kier molecular flexibility index (Phi) is 9.24. The Morgan fingerprint density at radius 3 is 2.45 bits per heavy atom. The third-order valence-corrected chi connectivity index (χ3v) is 3.19. The fourth-order valence-corrected chi connectivity index (χ4v) is 2.28. The van der Waals surface area contributed by atoms with Crippen LogP contribution in [0.3, 0.4) is 0 Å². The summed E-state index contributed by atoms with van der Waals surface area (Å²) in [5.41, 5.74) is 1.05. The van der Waals surface area contributed by atoms with Crippen LogP contribution in [0.4, 0.5) is 0 Å². The van der Waals surface area contributed by atoms with Crippen LogP contribution in [0.5, 0.6) is 11.5 Å². The Bertz CT molecular complexity index is 442. The highest BCUT2D eigenvalue weighted by Crippen LogP contribution is 2.36. The van der Waals surface area contributed by atoms with E-state index < -0.39 is 0 Å². The molecule has 3 N–H and O–H groups in total. The number of rotatable bonds is 11. The van der Waals surface area contributed by atoms with Gasteiger partial charge in [-0.1, -0.05) is 11.6 Å². The average molecular weight is 331 g/mol. The Hall–Kier alpha value is -1.01. The topological polar surface area (TPSA) is 62.8 Å². The Balaban J connectivity index is 2.53. The molecular formula is C16H27ClN2O3. The Morgan fingerprint density at radius 2 is 1.82 bits per heavy atom. The molecule has 1 unspecified atom stereocenters. The molecule has 0 aliphatic carbocycles. The number of halogens is 1. The van der Waals surface area contributed by atoms with Crippen molar-refractivity contribution < 1.29 is 14.6 Å². The summed E-state index contributed by atoms with van der Waals surface area (Å²) in [5.74, 6) is 1.29. The molecule has 0 aromatic heterocycles. The zero-order valence-corrected chi connectivity index (χ0v) is 14.4. The summed E-state index contributed by atoms with van der Waals surface area (Å²) in [7, 11) is 0. The largest absolute Gasteiger partial charge is 0.490 e. The predicted molar refractivity (Wildman–Crippen MR) is 90.0 cm³/mol. The summed E-state index contributed by atoms with van der Waals surface area (Å²) in [6.07, 6.45) is -0.321. The van der Waals surface area contributed by atoms with Crippen LogP contribution in [0.15, 0.2) is 12.1 Å². The van der Waals surface area contributed by atoms with Gasteiger partial charge in [-0.05, 0) is 38.5 Å². The molecule has 0 fully saturated rings. The van der Waals surface area contributed by atoms with E-state index in [1.54, 1.807) is 6.92 Å². The first-order valence-corrected chi connectivity index (χ1v) is 8.13. The third-order valence-electron chi connectivity index (χ3n) is 2.91. The minimum Gasteiger partial charge on any atom is -0.490 e. The van der Waals surface area contributed by atoms with Crippen LogP contribution in [-0.2, 0) is 6.54 Å². The standard InChI is InChI=1S/C16H27ClN2O3/c1-4-21-15-9-13(8-14(17)16(15)22-5-2)11-19-7-6-18-10-12(3)20/h8-9,12,18-20H,4-7,10-11H2,1-3H3. The molecule has 0 bridgehead atoms. The SMILES string of the molecule is CCOc1cc(CNCCNCC(C)O)cc(Cl)c1OCC. The molecule has 0 amide bonds. The molecule has 0 heterocycles. The van der Waals surface area contributed by atoms with E-state index in [-0.39, 0.29) is 6.10 Å². The van der Waals surface area contributed by atoms with E-state index >= 15 is 0 Å². The van der Waals surface area contributed by atoms with Crippen molar-refractivity contribution in [1.29, 1.82) is 0 Å². The van der Waals surface area contributed by atoms with E-state index in [9.17, 15) is 0 Å². The lowest BCUT2D eigenvalue weighted by molar-refractivity contribution is 0.191. The fraction of sp³-hybridized carbons (Fsp3) is 0.625. The summed E-state index contributed by atoms with van der Waals surface area (Å²) in [6, 6.07) is 3.85. The molecule has 0 radical (unpaired) electrons. The number of hydrogen-bond acceptors (Lipinski definition) is 5. The maximum absolute atomic E-state index is 9.14. The average Bonchev–Trinajstić information content (AvgIpc) is 2.46. The van der Waals surface area contributed by atoms with Crippen molar-refractivity contribution in [2.75, 3.05) is 32.8 Å². The van der Waals surface area contributed by atoms with Gasteiger partial charge in [0.1, 0.15) is 0 Å². The van der Waals surface area contributed by atoms with Gasteiger partial charge in [-0.3, -0.25) is 0 Å². The summed E-state index contributed by atoms with van der Waals surface area (Å²) < 4.78 is 11.1. The van der Waals surface area contributed by atoms with Crippen molar-refractivity contribution in [3.63, 3.8) is 0 Å². The molecule has 6 heteroatoms. The van der Waals surface area contributed by atoms with Gasteiger partial charge in [0.2, 0.25) is 0 Å². The molecule has 1 aromatic carbocycles. The highest BCUT2D eigenvalue weighted by atomic mass is 35.5. The lowest BCUT2D eigenvalue weighted by Gasteiger charge is -2.15. The number of benzene rings is 1. The zero-order chi connectivity index (χ0) is 16.4. The van der Waals surface area contributed by atoms with Crippen LogP contribution < -0.4 is 20.1 Å². The number of aliphatic hydroxyl groups is 1. The van der Waals surface area contributed by atoms with Gasteiger partial charge in [0.15, 0.2) is 11.5 Å². The first kappa shape index (κ1) is 19.0. The smallest absolute Gasteiger partial charge is 0.179 e. The lowest BCUT2D eigenvalue weighted by atomic mass is 10.2. The second-order valence-electron chi connectivity index (χ2n) is 5.00. The van der Waals surface area contributed by atoms with Crippen LogP contribution >= 0.6 is 11.6 Å². The summed E-state index contributed by atoms with van der Waals surface area (Å²) in [5, 5.41) is 16.2. The van der Waals surface area contributed by atoms with E-state index in [0.717, 1.165) is 18.7 Å². The number of aliphatic hydroxyl groups excluding tert-OH is 1. The molecule has 0 spiro atoms. The molecule has 1 rings (SSSR count). The van der Waals surface area contributed by atoms with Crippen molar-refractivity contribution in [3.8, 4) is 11.5 Å². The van der Waals surface area contributed by atoms with E-state index in [1.807, 2.05) is 26.0 Å². The van der Waals surface area contributed by atoms with Crippen molar-refractivity contribution >= 4 is 11.6 Å². The maximum atomic E-state index is 9.14. The molecule has 5 nitrogen and oxygen atoms in total. The van der Waals surface area contributed by atoms with Crippen LogP contribution in [0.1, 0.15) is 26.3 Å². The molecule has 1 atom stereocenters. The molecule has 0 saturated heterocycles. The molecule has 0 aliphatic rings. The minimum absolute atomic E-state index is 0.321. The van der Waals surface area contributed by atoms with Crippen molar-refractivity contribution in [2.24, 2.45) is 0 Å². The number of hydrogen-bond donors (Lipinski definition) is 3. The molecule has 0 aliphatic heterocycles. The van der Waals surface area contributed by atoms with Gasteiger partial charge in [0.05, 0.1) is 24.3 Å². The number of nitrogens with one attached hydrogen (secondary N) is 2. The highest BCUT2D eigenvalue weighted by Gasteiger charge is 2.12. The van der Waals surface area contributed by atoms with Gasteiger partial charge in [-0.25, -0.2) is 0 Å². The van der Waals surface area contributed by atoms with Gasteiger partial charge >= 0.3 is 0 Å². The highest BCUT2D eigenvalue weighted by molar-refractivity contribution is 6.32. The second kappa shape index (κ2) is 10.7. The van der Waals surface area contributed by atoms with Crippen molar-refractivity contribution in [2.45, 2.75) is 33.4 Å². The molecular weight excluding hydrogens is 304 g/mol. The first-order chi connectivity index (χ1) is 10.6. The zero-order valence-electron chi connectivity index (χ0n) is 13.6. The van der Waals surface area contributed by atoms with E-state index in [4.69, 9.17) is 26.2 Å². The van der Waals surface area contributed by atoms with E-state index in [1.165, 1.54) is 0 Å². The minimum atomic E-state index is -0.321. The third kappa shape index (κ3) is 6.83. The van der Waals surface area contributed by atoms with Gasteiger partial charge in [-0.2, -0.15) is 0 Å². The monoisotopic (exact) mass is 330 g/mol. The van der Waals surface area contributed by atoms with Gasteiger partial charge in [0, 0.05) is 26.2 Å². The summed E-state index contributed by atoms with van der Waals surface area (Å²) in [6.45, 7) is 9.63. The predicted octanol–water partition coefficient (Wildman–Crippen LogP) is 2.20. The normalized spacial score (nSPS) is 12.2. The van der Waals surface area contributed by atoms with Crippen LogP contribution in [0.2, 0.25) is 5.02 Å². The van der Waals surface area contributed by atoms with Crippen LogP contribution in [-0.4, -0.2) is 44.1 Å². The van der Waals surface area contributed by atoms with Crippen molar-refractivity contribution in [1.82, 2.24) is 10.6 Å². The Morgan fingerprint density at radius 1 is 1.14 bits per heavy atom. The summed E-state index contributed by atoms with van der Waals surface area (Å²) in [4.78, 5) is 0. The number of ether oxygens (including phenoxy) is 2. The molecule has 0 saturated carbocycles. The molecule has 22 heavy (non-hydrogen) atoms.